The smallest absolute Gasteiger partial charge is 0.132 e. The standard InChI is InChI=1S/C18H21N3O/c1-13-5-6-15-12-16(4-3-7-19)18(20-17(15)14(13)2)21-8-10-22-11-9-21/h5-6,12H,3-4,8-11H2,1-2H3. The average Bonchev–Trinajstić information content (AvgIpc) is 2.56. The molecule has 0 bridgehead atoms. The van der Waals surface area contributed by atoms with Gasteiger partial charge in [0, 0.05) is 24.9 Å². The lowest BCUT2D eigenvalue weighted by atomic mass is 10.0. The van der Waals surface area contributed by atoms with Gasteiger partial charge in [0.05, 0.1) is 24.8 Å². The lowest BCUT2D eigenvalue weighted by Crippen LogP contribution is -2.37. The van der Waals surface area contributed by atoms with Gasteiger partial charge in [-0.3, -0.25) is 0 Å². The normalized spacial score (nSPS) is 15.0. The summed E-state index contributed by atoms with van der Waals surface area (Å²) in [5.41, 5.74) is 4.73. The van der Waals surface area contributed by atoms with Crippen molar-refractivity contribution in [3.05, 3.63) is 34.9 Å². The summed E-state index contributed by atoms with van der Waals surface area (Å²) in [5, 5.41) is 10.1. The van der Waals surface area contributed by atoms with Crippen molar-refractivity contribution in [2.24, 2.45) is 0 Å². The van der Waals surface area contributed by atoms with E-state index in [9.17, 15) is 0 Å². The average molecular weight is 295 g/mol. The third kappa shape index (κ3) is 2.77. The van der Waals surface area contributed by atoms with Gasteiger partial charge in [-0.15, -0.1) is 0 Å². The van der Waals surface area contributed by atoms with Crippen molar-refractivity contribution in [2.45, 2.75) is 26.7 Å². The predicted molar refractivity (Wildman–Crippen MR) is 88.2 cm³/mol. The number of ether oxygens (including phenoxy) is 1. The lowest BCUT2D eigenvalue weighted by Gasteiger charge is -2.30. The van der Waals surface area contributed by atoms with Crippen LogP contribution in [0.5, 0.6) is 0 Å². The van der Waals surface area contributed by atoms with Crippen molar-refractivity contribution in [1.82, 2.24) is 4.98 Å². The Bertz CT molecular complexity index is 727. The second kappa shape index (κ2) is 6.33. The highest BCUT2D eigenvalue weighted by atomic mass is 16.5. The molecule has 1 saturated heterocycles. The van der Waals surface area contributed by atoms with Gasteiger partial charge in [-0.25, -0.2) is 4.98 Å². The number of fused-ring (bicyclic) bond motifs is 1. The number of anilines is 1. The van der Waals surface area contributed by atoms with Gasteiger partial charge in [-0.2, -0.15) is 5.26 Å². The molecule has 0 spiro atoms. The van der Waals surface area contributed by atoms with Crippen LogP contribution in [0.25, 0.3) is 10.9 Å². The molecule has 0 N–H and O–H groups in total. The van der Waals surface area contributed by atoms with E-state index in [2.05, 4.69) is 43.0 Å². The molecule has 114 valence electrons. The Balaban J connectivity index is 2.12. The number of aryl methyl sites for hydroxylation is 3. The Kier molecular flexibility index (Phi) is 4.26. The summed E-state index contributed by atoms with van der Waals surface area (Å²) in [7, 11) is 0. The van der Waals surface area contributed by atoms with E-state index in [4.69, 9.17) is 15.0 Å². The Morgan fingerprint density at radius 2 is 2.05 bits per heavy atom. The Labute approximate surface area is 131 Å². The van der Waals surface area contributed by atoms with Crippen LogP contribution in [-0.4, -0.2) is 31.3 Å². The first kappa shape index (κ1) is 14.8. The van der Waals surface area contributed by atoms with Crippen LogP contribution in [0.3, 0.4) is 0 Å². The molecule has 0 amide bonds. The third-order valence-electron chi connectivity index (χ3n) is 4.38. The van der Waals surface area contributed by atoms with Crippen LogP contribution >= 0.6 is 0 Å². The maximum Gasteiger partial charge on any atom is 0.132 e. The number of morpholine rings is 1. The number of benzene rings is 1. The molecular weight excluding hydrogens is 274 g/mol. The largest absolute Gasteiger partial charge is 0.378 e. The lowest BCUT2D eigenvalue weighted by molar-refractivity contribution is 0.122. The van der Waals surface area contributed by atoms with Crippen LogP contribution in [-0.2, 0) is 11.2 Å². The number of rotatable bonds is 3. The topological polar surface area (TPSA) is 49.2 Å². The van der Waals surface area contributed by atoms with Crippen molar-refractivity contribution in [1.29, 1.82) is 5.26 Å². The fourth-order valence-corrected chi connectivity index (χ4v) is 2.94. The summed E-state index contributed by atoms with van der Waals surface area (Å²) in [6.07, 6.45) is 1.27. The van der Waals surface area contributed by atoms with Crippen LogP contribution in [0.1, 0.15) is 23.1 Å². The molecule has 0 atom stereocenters. The van der Waals surface area contributed by atoms with Crippen LogP contribution in [0.4, 0.5) is 5.82 Å². The van der Waals surface area contributed by atoms with E-state index in [1.54, 1.807) is 0 Å². The number of pyridine rings is 1. The first-order chi connectivity index (χ1) is 10.7. The zero-order chi connectivity index (χ0) is 15.5. The summed E-state index contributed by atoms with van der Waals surface area (Å²) in [5.74, 6) is 1.03. The SMILES string of the molecule is Cc1ccc2cc(CCC#N)c(N3CCOCC3)nc2c1C. The van der Waals surface area contributed by atoms with Crippen LogP contribution in [0.2, 0.25) is 0 Å². The zero-order valence-corrected chi connectivity index (χ0v) is 13.2. The van der Waals surface area contributed by atoms with Gasteiger partial charge in [-0.05, 0) is 43.0 Å². The summed E-state index contributed by atoms with van der Waals surface area (Å²) in [6, 6.07) is 8.72. The first-order valence-electron chi connectivity index (χ1n) is 7.80. The van der Waals surface area contributed by atoms with Crippen molar-refractivity contribution < 1.29 is 4.74 Å². The summed E-state index contributed by atoms with van der Waals surface area (Å²) >= 11 is 0. The van der Waals surface area contributed by atoms with E-state index in [1.165, 1.54) is 16.7 Å². The van der Waals surface area contributed by atoms with Crippen molar-refractivity contribution >= 4 is 16.7 Å². The maximum absolute atomic E-state index is 8.92. The molecule has 4 heteroatoms. The van der Waals surface area contributed by atoms with Crippen LogP contribution < -0.4 is 4.90 Å². The molecule has 2 heterocycles. The summed E-state index contributed by atoms with van der Waals surface area (Å²) in [6.45, 7) is 7.46. The van der Waals surface area contributed by atoms with Gasteiger partial charge in [-0.1, -0.05) is 12.1 Å². The van der Waals surface area contributed by atoms with Gasteiger partial charge in [0.1, 0.15) is 5.82 Å². The Morgan fingerprint density at radius 1 is 1.27 bits per heavy atom. The monoisotopic (exact) mass is 295 g/mol. The van der Waals surface area contributed by atoms with Gasteiger partial charge < -0.3 is 9.64 Å². The van der Waals surface area contributed by atoms with Gasteiger partial charge in [0.2, 0.25) is 0 Å². The van der Waals surface area contributed by atoms with Crippen LogP contribution in [0.15, 0.2) is 18.2 Å². The third-order valence-corrected chi connectivity index (χ3v) is 4.38. The quantitative estimate of drug-likeness (QED) is 0.873. The zero-order valence-electron chi connectivity index (χ0n) is 13.2. The molecule has 1 aromatic heterocycles. The predicted octanol–water partition coefficient (Wildman–Crippen LogP) is 3.14. The highest BCUT2D eigenvalue weighted by molar-refractivity contribution is 5.85. The van der Waals surface area contributed by atoms with E-state index in [0.29, 0.717) is 6.42 Å². The van der Waals surface area contributed by atoms with Crippen LogP contribution in [0, 0.1) is 25.2 Å². The number of hydrogen-bond acceptors (Lipinski definition) is 4. The molecule has 1 aromatic carbocycles. The molecule has 1 aliphatic heterocycles. The minimum Gasteiger partial charge on any atom is -0.378 e. The summed E-state index contributed by atoms with van der Waals surface area (Å²) in [4.78, 5) is 7.26. The Hall–Kier alpha value is -2.12. The molecule has 0 unspecified atom stereocenters. The number of nitriles is 1. The fraction of sp³-hybridized carbons (Fsp3) is 0.444. The number of nitrogens with zero attached hydrogens (tertiary/aromatic N) is 3. The molecular formula is C18H21N3O. The molecule has 1 fully saturated rings. The summed E-state index contributed by atoms with van der Waals surface area (Å²) < 4.78 is 5.45. The number of hydrogen-bond donors (Lipinski definition) is 0. The van der Waals surface area contributed by atoms with E-state index in [0.717, 1.165) is 49.4 Å². The van der Waals surface area contributed by atoms with E-state index < -0.39 is 0 Å². The highest BCUT2D eigenvalue weighted by Gasteiger charge is 2.18. The number of aromatic nitrogens is 1. The van der Waals surface area contributed by atoms with Crippen molar-refractivity contribution in [3.63, 3.8) is 0 Å². The second-order valence-corrected chi connectivity index (χ2v) is 5.81. The maximum atomic E-state index is 8.92. The van der Waals surface area contributed by atoms with Gasteiger partial charge in [0.25, 0.3) is 0 Å². The van der Waals surface area contributed by atoms with E-state index in [-0.39, 0.29) is 0 Å². The molecule has 0 radical (unpaired) electrons. The highest BCUT2D eigenvalue weighted by Crippen LogP contribution is 2.28. The second-order valence-electron chi connectivity index (χ2n) is 5.81. The molecule has 3 rings (SSSR count). The first-order valence-corrected chi connectivity index (χ1v) is 7.80. The fourth-order valence-electron chi connectivity index (χ4n) is 2.94. The molecule has 4 nitrogen and oxygen atoms in total. The van der Waals surface area contributed by atoms with Crippen molar-refractivity contribution in [3.8, 4) is 6.07 Å². The van der Waals surface area contributed by atoms with Gasteiger partial charge in [0.15, 0.2) is 0 Å². The molecule has 1 aliphatic rings. The van der Waals surface area contributed by atoms with Crippen molar-refractivity contribution in [2.75, 3.05) is 31.2 Å². The minimum absolute atomic E-state index is 0.523. The minimum atomic E-state index is 0.523. The Morgan fingerprint density at radius 3 is 2.77 bits per heavy atom. The molecule has 0 aliphatic carbocycles. The molecule has 0 saturated carbocycles. The van der Waals surface area contributed by atoms with E-state index >= 15 is 0 Å². The van der Waals surface area contributed by atoms with E-state index in [1.807, 2.05) is 0 Å². The molecule has 22 heavy (non-hydrogen) atoms. The van der Waals surface area contributed by atoms with Gasteiger partial charge >= 0.3 is 0 Å². The molecule has 2 aromatic rings.